The molecule has 0 radical (unpaired) electrons. The quantitative estimate of drug-likeness (QED) is 0.724. The van der Waals surface area contributed by atoms with E-state index in [4.69, 9.17) is 23.2 Å². The number of halogens is 3. The molecular weight excluding hydrogens is 263 g/mol. The average molecular weight is 266 g/mol. The minimum Gasteiger partial charge on any atom is -0.276 e. The van der Waals surface area contributed by atoms with Crippen molar-refractivity contribution in [2.24, 2.45) is 0 Å². The molecule has 0 bridgehead atoms. The van der Waals surface area contributed by atoms with E-state index in [-0.39, 0.29) is 0 Å². The summed E-state index contributed by atoms with van der Waals surface area (Å²) in [6.45, 7) is 0. The number of nitrogens with one attached hydrogen (secondary N) is 1. The molecule has 2 rings (SSSR count). The second-order valence-electron chi connectivity index (χ2n) is 2.31. The highest BCUT2D eigenvalue weighted by atomic mass is 79.9. The van der Waals surface area contributed by atoms with Crippen molar-refractivity contribution in [3.8, 4) is 0 Å². The molecule has 2 aromatic rings. The van der Waals surface area contributed by atoms with E-state index in [1.54, 1.807) is 12.3 Å². The Labute approximate surface area is 87.0 Å². The van der Waals surface area contributed by atoms with Gasteiger partial charge in [0.15, 0.2) is 0 Å². The van der Waals surface area contributed by atoms with Gasteiger partial charge in [-0.25, -0.2) is 0 Å². The largest absolute Gasteiger partial charge is 0.276 e. The lowest BCUT2D eigenvalue weighted by Crippen LogP contribution is -1.75. The molecule has 0 aliphatic rings. The van der Waals surface area contributed by atoms with E-state index in [0.717, 1.165) is 15.4 Å². The van der Waals surface area contributed by atoms with Crippen LogP contribution in [0.3, 0.4) is 0 Å². The van der Waals surface area contributed by atoms with Gasteiger partial charge in [-0.3, -0.25) is 5.10 Å². The first-order valence-electron chi connectivity index (χ1n) is 3.16. The van der Waals surface area contributed by atoms with Gasteiger partial charge in [0.25, 0.3) is 0 Å². The highest BCUT2D eigenvalue weighted by Gasteiger charge is 2.08. The molecule has 0 saturated carbocycles. The first kappa shape index (κ1) is 8.35. The fraction of sp³-hybridized carbons (Fsp3) is 0. The van der Waals surface area contributed by atoms with Gasteiger partial charge >= 0.3 is 0 Å². The molecule has 0 saturated heterocycles. The zero-order chi connectivity index (χ0) is 8.72. The van der Waals surface area contributed by atoms with Gasteiger partial charge in [0.2, 0.25) is 0 Å². The third-order valence-corrected chi connectivity index (χ3v) is 3.14. The van der Waals surface area contributed by atoms with Crippen LogP contribution in [-0.4, -0.2) is 10.2 Å². The Kier molecular flexibility index (Phi) is 2.02. The fourth-order valence-electron chi connectivity index (χ4n) is 1.01. The summed E-state index contributed by atoms with van der Waals surface area (Å²) < 4.78 is 0.769. The van der Waals surface area contributed by atoms with Crippen LogP contribution in [0.2, 0.25) is 10.0 Å². The Morgan fingerprint density at radius 1 is 1.42 bits per heavy atom. The number of aromatic amines is 1. The van der Waals surface area contributed by atoms with Crippen molar-refractivity contribution in [1.82, 2.24) is 10.2 Å². The number of aromatic nitrogens is 2. The van der Waals surface area contributed by atoms with E-state index < -0.39 is 0 Å². The summed E-state index contributed by atoms with van der Waals surface area (Å²) in [6.07, 6.45) is 1.65. The minimum absolute atomic E-state index is 0.604. The van der Waals surface area contributed by atoms with Crippen LogP contribution in [0.1, 0.15) is 0 Å². The molecule has 1 aromatic carbocycles. The fourth-order valence-corrected chi connectivity index (χ4v) is 2.02. The Balaban J connectivity index is 2.97. The maximum absolute atomic E-state index is 5.96. The summed E-state index contributed by atoms with van der Waals surface area (Å²) in [7, 11) is 0. The number of benzene rings is 1. The normalized spacial score (nSPS) is 10.9. The second-order valence-corrected chi connectivity index (χ2v) is 3.95. The van der Waals surface area contributed by atoms with Crippen LogP contribution in [0.5, 0.6) is 0 Å². The highest BCUT2D eigenvalue weighted by molar-refractivity contribution is 9.10. The van der Waals surface area contributed by atoms with Gasteiger partial charge in [0, 0.05) is 9.86 Å². The number of hydrogen-bond acceptors (Lipinski definition) is 1. The van der Waals surface area contributed by atoms with E-state index >= 15 is 0 Å². The predicted molar refractivity (Wildman–Crippen MR) is 53.8 cm³/mol. The standard InChI is InChI=1S/C7H3BrCl2N2/c8-4-1-5(9)3-2-11-12-7(3)6(4)10/h1-2H,(H,11,12). The topological polar surface area (TPSA) is 28.7 Å². The van der Waals surface area contributed by atoms with Gasteiger partial charge in [-0.1, -0.05) is 23.2 Å². The highest BCUT2D eigenvalue weighted by Crippen LogP contribution is 2.34. The molecule has 1 aromatic heterocycles. The van der Waals surface area contributed by atoms with Crippen molar-refractivity contribution in [2.45, 2.75) is 0 Å². The van der Waals surface area contributed by atoms with E-state index in [2.05, 4.69) is 26.1 Å². The number of rotatable bonds is 0. The molecule has 12 heavy (non-hydrogen) atoms. The summed E-state index contributed by atoms with van der Waals surface area (Å²) in [5.74, 6) is 0. The molecule has 0 atom stereocenters. The zero-order valence-corrected chi connectivity index (χ0v) is 8.83. The molecule has 1 N–H and O–H groups in total. The van der Waals surface area contributed by atoms with Crippen molar-refractivity contribution in [2.75, 3.05) is 0 Å². The molecule has 0 spiro atoms. The van der Waals surface area contributed by atoms with Gasteiger partial charge in [0.1, 0.15) is 0 Å². The molecule has 5 heteroatoms. The van der Waals surface area contributed by atoms with E-state index in [9.17, 15) is 0 Å². The Hall–Kier alpha value is -0.250. The lowest BCUT2D eigenvalue weighted by Gasteiger charge is -1.98. The lowest BCUT2D eigenvalue weighted by atomic mass is 10.2. The van der Waals surface area contributed by atoms with Gasteiger partial charge < -0.3 is 0 Å². The van der Waals surface area contributed by atoms with Gasteiger partial charge in [-0.15, -0.1) is 0 Å². The maximum atomic E-state index is 5.96. The number of nitrogens with zero attached hydrogens (tertiary/aromatic N) is 1. The zero-order valence-electron chi connectivity index (χ0n) is 5.74. The summed E-state index contributed by atoms with van der Waals surface area (Å²) >= 11 is 15.2. The number of fused-ring (bicyclic) bond motifs is 1. The third kappa shape index (κ3) is 1.13. The molecule has 0 amide bonds. The monoisotopic (exact) mass is 264 g/mol. The van der Waals surface area contributed by atoms with Crippen molar-refractivity contribution in [1.29, 1.82) is 0 Å². The first-order valence-corrected chi connectivity index (χ1v) is 4.71. The molecule has 0 aliphatic heterocycles. The molecular formula is C7H3BrCl2N2. The third-order valence-electron chi connectivity index (χ3n) is 1.58. The molecule has 0 fully saturated rings. The summed E-state index contributed by atoms with van der Waals surface area (Å²) in [4.78, 5) is 0. The molecule has 2 nitrogen and oxygen atoms in total. The van der Waals surface area contributed by atoms with E-state index in [1.807, 2.05) is 0 Å². The Morgan fingerprint density at radius 3 is 2.92 bits per heavy atom. The van der Waals surface area contributed by atoms with Crippen molar-refractivity contribution < 1.29 is 0 Å². The summed E-state index contributed by atoms with van der Waals surface area (Å²) in [5.41, 5.74) is 0.760. The van der Waals surface area contributed by atoms with Gasteiger partial charge in [-0.05, 0) is 22.0 Å². The van der Waals surface area contributed by atoms with Crippen molar-refractivity contribution in [3.63, 3.8) is 0 Å². The summed E-state index contributed by atoms with van der Waals surface area (Å²) in [5, 5.41) is 8.70. The lowest BCUT2D eigenvalue weighted by molar-refractivity contribution is 1.12. The van der Waals surface area contributed by atoms with Gasteiger partial charge in [-0.2, -0.15) is 5.10 Å². The summed E-state index contributed by atoms with van der Waals surface area (Å²) in [6, 6.07) is 1.75. The van der Waals surface area contributed by atoms with Crippen LogP contribution in [0.15, 0.2) is 16.7 Å². The number of hydrogen-bond donors (Lipinski definition) is 1. The Morgan fingerprint density at radius 2 is 2.17 bits per heavy atom. The van der Waals surface area contributed by atoms with Crippen LogP contribution in [0, 0.1) is 0 Å². The maximum Gasteiger partial charge on any atom is 0.0863 e. The number of H-pyrrole nitrogens is 1. The van der Waals surface area contributed by atoms with Crippen LogP contribution in [-0.2, 0) is 0 Å². The van der Waals surface area contributed by atoms with Crippen LogP contribution in [0.4, 0.5) is 0 Å². The molecule has 0 unspecified atom stereocenters. The van der Waals surface area contributed by atoms with Gasteiger partial charge in [0.05, 0.1) is 21.8 Å². The smallest absolute Gasteiger partial charge is 0.0863 e. The molecule has 0 aliphatic carbocycles. The SMILES string of the molecule is Clc1cc(Br)c(Cl)c2[nH]ncc12. The predicted octanol–water partition coefficient (Wildman–Crippen LogP) is 3.63. The Bertz CT molecular complexity index is 438. The second kappa shape index (κ2) is 2.91. The molecule has 1 heterocycles. The van der Waals surface area contributed by atoms with Crippen LogP contribution < -0.4 is 0 Å². The molecule has 62 valence electrons. The first-order chi connectivity index (χ1) is 5.70. The minimum atomic E-state index is 0.604. The van der Waals surface area contributed by atoms with Crippen molar-refractivity contribution in [3.05, 3.63) is 26.8 Å². The van der Waals surface area contributed by atoms with Crippen LogP contribution in [0.25, 0.3) is 10.9 Å². The van der Waals surface area contributed by atoms with Crippen LogP contribution >= 0.6 is 39.1 Å². The average Bonchev–Trinajstić information content (AvgIpc) is 2.48. The van der Waals surface area contributed by atoms with E-state index in [1.165, 1.54) is 0 Å². The van der Waals surface area contributed by atoms with Crippen molar-refractivity contribution >= 4 is 50.0 Å². The van der Waals surface area contributed by atoms with E-state index in [0.29, 0.717) is 10.0 Å².